The zero-order valence-electron chi connectivity index (χ0n) is 12.0. The first-order chi connectivity index (χ1) is 8.49. The minimum absolute atomic E-state index is 0.557. The van der Waals surface area contributed by atoms with Gasteiger partial charge in [0.2, 0.25) is 0 Å². The lowest BCUT2D eigenvalue weighted by atomic mass is 9.91. The summed E-state index contributed by atoms with van der Waals surface area (Å²) in [7, 11) is 0. The van der Waals surface area contributed by atoms with Crippen molar-refractivity contribution in [2.45, 2.75) is 52.5 Å². The van der Waals surface area contributed by atoms with Gasteiger partial charge >= 0.3 is 0 Å². The van der Waals surface area contributed by atoms with Crippen LogP contribution in [0.1, 0.15) is 52.0 Å². The van der Waals surface area contributed by atoms with Crippen LogP contribution < -0.4 is 5.32 Å². The van der Waals surface area contributed by atoms with Crippen LogP contribution in [-0.4, -0.2) is 12.6 Å². The molecule has 18 heavy (non-hydrogen) atoms. The maximum atomic E-state index is 3.57. The Morgan fingerprint density at radius 2 is 1.61 bits per heavy atom. The van der Waals surface area contributed by atoms with Gasteiger partial charge in [-0.05, 0) is 36.0 Å². The van der Waals surface area contributed by atoms with E-state index in [1.807, 2.05) is 0 Å². The second kappa shape index (κ2) is 7.96. The summed E-state index contributed by atoms with van der Waals surface area (Å²) >= 11 is 3.50. The van der Waals surface area contributed by atoms with E-state index in [0.717, 1.165) is 16.9 Å². The Labute approximate surface area is 120 Å². The maximum Gasteiger partial charge on any atom is 0.0175 e. The highest BCUT2D eigenvalue weighted by Gasteiger charge is 2.12. The molecule has 0 bridgehead atoms. The van der Waals surface area contributed by atoms with E-state index >= 15 is 0 Å². The predicted molar refractivity (Wildman–Crippen MR) is 84.1 cm³/mol. The SMILES string of the molecule is CC(C)CCC(CNC(C)C)c1ccc(Br)cc1. The lowest BCUT2D eigenvalue weighted by molar-refractivity contribution is 0.459. The Balaban J connectivity index is 2.66. The van der Waals surface area contributed by atoms with Gasteiger partial charge in [0.15, 0.2) is 0 Å². The van der Waals surface area contributed by atoms with Gasteiger partial charge in [-0.1, -0.05) is 62.2 Å². The molecule has 0 saturated carbocycles. The van der Waals surface area contributed by atoms with Crippen molar-refractivity contribution in [3.8, 4) is 0 Å². The van der Waals surface area contributed by atoms with E-state index in [1.165, 1.54) is 18.4 Å². The molecule has 0 aliphatic rings. The summed E-state index contributed by atoms with van der Waals surface area (Å²) in [6, 6.07) is 9.34. The number of hydrogen-bond acceptors (Lipinski definition) is 1. The molecule has 0 amide bonds. The first-order valence-electron chi connectivity index (χ1n) is 6.98. The third kappa shape index (κ3) is 6.01. The van der Waals surface area contributed by atoms with Crippen molar-refractivity contribution in [3.63, 3.8) is 0 Å². The van der Waals surface area contributed by atoms with Gasteiger partial charge in [-0.2, -0.15) is 0 Å². The molecule has 1 aromatic rings. The Bertz CT molecular complexity index is 317. The summed E-state index contributed by atoms with van der Waals surface area (Å²) in [5, 5.41) is 3.57. The van der Waals surface area contributed by atoms with E-state index in [0.29, 0.717) is 12.0 Å². The molecule has 0 saturated heterocycles. The van der Waals surface area contributed by atoms with Gasteiger partial charge in [-0.25, -0.2) is 0 Å². The molecule has 0 heterocycles. The lowest BCUT2D eigenvalue weighted by Crippen LogP contribution is -2.28. The summed E-state index contributed by atoms with van der Waals surface area (Å²) in [4.78, 5) is 0. The standard InChI is InChI=1S/C16H26BrN/c1-12(2)5-6-15(11-18-13(3)4)14-7-9-16(17)10-8-14/h7-10,12-13,15,18H,5-6,11H2,1-4H3. The second-order valence-corrected chi connectivity index (χ2v) is 6.70. The van der Waals surface area contributed by atoms with Crippen LogP contribution in [0.3, 0.4) is 0 Å². The van der Waals surface area contributed by atoms with Crippen molar-refractivity contribution >= 4 is 15.9 Å². The third-order valence-electron chi connectivity index (χ3n) is 3.21. The molecule has 0 radical (unpaired) electrons. The molecule has 102 valence electrons. The van der Waals surface area contributed by atoms with Gasteiger partial charge in [-0.15, -0.1) is 0 Å². The van der Waals surface area contributed by atoms with Crippen LogP contribution in [0.25, 0.3) is 0 Å². The first kappa shape index (κ1) is 15.7. The minimum atomic E-state index is 0.557. The second-order valence-electron chi connectivity index (χ2n) is 5.78. The molecule has 1 unspecified atom stereocenters. The highest BCUT2D eigenvalue weighted by atomic mass is 79.9. The molecular weight excluding hydrogens is 286 g/mol. The number of nitrogens with one attached hydrogen (secondary N) is 1. The van der Waals surface area contributed by atoms with E-state index in [4.69, 9.17) is 0 Å². The van der Waals surface area contributed by atoms with Crippen molar-refractivity contribution < 1.29 is 0 Å². The summed E-state index contributed by atoms with van der Waals surface area (Å²) in [5.41, 5.74) is 1.45. The van der Waals surface area contributed by atoms with E-state index in [9.17, 15) is 0 Å². The molecule has 1 nitrogen and oxygen atoms in total. The van der Waals surface area contributed by atoms with E-state index in [-0.39, 0.29) is 0 Å². The lowest BCUT2D eigenvalue weighted by Gasteiger charge is -2.21. The fourth-order valence-electron chi connectivity index (χ4n) is 2.03. The van der Waals surface area contributed by atoms with Gasteiger partial charge in [0.1, 0.15) is 0 Å². The molecule has 0 aromatic heterocycles. The minimum Gasteiger partial charge on any atom is -0.314 e. The zero-order valence-corrected chi connectivity index (χ0v) is 13.6. The fourth-order valence-corrected chi connectivity index (χ4v) is 2.30. The van der Waals surface area contributed by atoms with Crippen LogP contribution in [0, 0.1) is 5.92 Å². The molecule has 0 aliphatic heterocycles. The van der Waals surface area contributed by atoms with Crippen LogP contribution in [0.15, 0.2) is 28.7 Å². The summed E-state index contributed by atoms with van der Waals surface area (Å²) in [6.45, 7) is 10.1. The molecule has 0 aliphatic carbocycles. The van der Waals surface area contributed by atoms with Crippen LogP contribution in [0.4, 0.5) is 0 Å². The summed E-state index contributed by atoms with van der Waals surface area (Å²) in [6.07, 6.45) is 2.56. The van der Waals surface area contributed by atoms with Crippen molar-refractivity contribution in [1.82, 2.24) is 5.32 Å². The molecule has 1 rings (SSSR count). The summed E-state index contributed by atoms with van der Waals surface area (Å²) in [5.74, 6) is 1.41. The van der Waals surface area contributed by atoms with Gasteiger partial charge < -0.3 is 5.32 Å². The average molecular weight is 312 g/mol. The quantitative estimate of drug-likeness (QED) is 0.750. The Morgan fingerprint density at radius 3 is 2.11 bits per heavy atom. The van der Waals surface area contributed by atoms with Crippen molar-refractivity contribution in [2.75, 3.05) is 6.54 Å². The Kier molecular flexibility index (Phi) is 6.95. The topological polar surface area (TPSA) is 12.0 Å². The third-order valence-corrected chi connectivity index (χ3v) is 3.74. The fraction of sp³-hybridized carbons (Fsp3) is 0.625. The Hall–Kier alpha value is -0.340. The van der Waals surface area contributed by atoms with Crippen LogP contribution in [0.2, 0.25) is 0 Å². The molecule has 0 spiro atoms. The molecule has 2 heteroatoms. The van der Waals surface area contributed by atoms with E-state index < -0.39 is 0 Å². The van der Waals surface area contributed by atoms with Crippen LogP contribution in [0.5, 0.6) is 0 Å². The summed E-state index contributed by atoms with van der Waals surface area (Å²) < 4.78 is 1.16. The van der Waals surface area contributed by atoms with Crippen LogP contribution >= 0.6 is 15.9 Å². The molecule has 1 N–H and O–H groups in total. The zero-order chi connectivity index (χ0) is 13.5. The normalized spacial score (nSPS) is 13.3. The van der Waals surface area contributed by atoms with Crippen molar-refractivity contribution in [3.05, 3.63) is 34.3 Å². The Morgan fingerprint density at radius 1 is 1.00 bits per heavy atom. The van der Waals surface area contributed by atoms with Gasteiger partial charge in [-0.3, -0.25) is 0 Å². The molecular formula is C16H26BrN. The highest BCUT2D eigenvalue weighted by molar-refractivity contribution is 9.10. The number of halogens is 1. The molecule has 0 fully saturated rings. The maximum absolute atomic E-state index is 3.57. The van der Waals surface area contributed by atoms with E-state index in [1.54, 1.807) is 0 Å². The van der Waals surface area contributed by atoms with Crippen LogP contribution in [-0.2, 0) is 0 Å². The smallest absolute Gasteiger partial charge is 0.0175 e. The monoisotopic (exact) mass is 311 g/mol. The number of rotatable bonds is 7. The predicted octanol–water partition coefficient (Wildman–Crippen LogP) is 4.97. The van der Waals surface area contributed by atoms with Gasteiger partial charge in [0.05, 0.1) is 0 Å². The van der Waals surface area contributed by atoms with Crippen molar-refractivity contribution in [1.29, 1.82) is 0 Å². The molecule has 1 aromatic carbocycles. The average Bonchev–Trinajstić information content (AvgIpc) is 2.30. The number of hydrogen-bond donors (Lipinski definition) is 1. The largest absolute Gasteiger partial charge is 0.314 e. The first-order valence-corrected chi connectivity index (χ1v) is 7.77. The molecule has 1 atom stereocenters. The number of benzene rings is 1. The van der Waals surface area contributed by atoms with E-state index in [2.05, 4.69) is 73.2 Å². The van der Waals surface area contributed by atoms with Crippen molar-refractivity contribution in [2.24, 2.45) is 5.92 Å². The van der Waals surface area contributed by atoms with Gasteiger partial charge in [0.25, 0.3) is 0 Å². The van der Waals surface area contributed by atoms with Gasteiger partial charge in [0, 0.05) is 17.1 Å². The highest BCUT2D eigenvalue weighted by Crippen LogP contribution is 2.24.